The number of hydrogen-bond donors (Lipinski definition) is 2. The van der Waals surface area contributed by atoms with E-state index < -0.39 is 0 Å². The molecule has 7 heteroatoms. The summed E-state index contributed by atoms with van der Waals surface area (Å²) in [6, 6.07) is 20.6. The summed E-state index contributed by atoms with van der Waals surface area (Å²) in [6.07, 6.45) is 1.34. The zero-order valence-electron chi connectivity index (χ0n) is 16.6. The zero-order valence-corrected chi connectivity index (χ0v) is 17.4. The van der Waals surface area contributed by atoms with Crippen LogP contribution in [-0.2, 0) is 4.79 Å². The maximum absolute atomic E-state index is 12.6. The molecule has 156 valence electrons. The van der Waals surface area contributed by atoms with Crippen molar-refractivity contribution in [2.75, 3.05) is 22.1 Å². The number of halogens is 1. The van der Waals surface area contributed by atoms with E-state index in [0.717, 1.165) is 6.42 Å². The standard InChI is InChI=1S/C24H20ClN3O3/c25-20-15-19(12-13-21(20)28-14-4-7-22(28)29)27-24(31)17-8-10-18(11-9-17)26-23(30)16-5-2-1-3-6-16/h1-3,5-6,8-13,15H,4,7,14H2,(H,26,30)(H,27,31). The SMILES string of the molecule is O=C(Nc1ccc(C(=O)Nc2ccc(N3CCCC3=O)c(Cl)c2)cc1)c1ccccc1. The maximum atomic E-state index is 12.6. The maximum Gasteiger partial charge on any atom is 0.255 e. The molecule has 1 saturated heterocycles. The number of carbonyl (C=O) groups is 3. The molecule has 6 nitrogen and oxygen atoms in total. The first-order valence-corrected chi connectivity index (χ1v) is 10.3. The van der Waals surface area contributed by atoms with Crippen LogP contribution in [0.4, 0.5) is 17.1 Å². The van der Waals surface area contributed by atoms with Crippen LogP contribution in [-0.4, -0.2) is 24.3 Å². The number of hydrogen-bond acceptors (Lipinski definition) is 3. The average Bonchev–Trinajstić information content (AvgIpc) is 3.20. The second kappa shape index (κ2) is 9.02. The lowest BCUT2D eigenvalue weighted by Gasteiger charge is -2.18. The largest absolute Gasteiger partial charge is 0.322 e. The fourth-order valence-corrected chi connectivity index (χ4v) is 3.69. The number of nitrogens with zero attached hydrogens (tertiary/aromatic N) is 1. The summed E-state index contributed by atoms with van der Waals surface area (Å²) in [7, 11) is 0. The van der Waals surface area contributed by atoms with Crippen molar-refractivity contribution in [3.05, 3.63) is 88.9 Å². The van der Waals surface area contributed by atoms with Crippen LogP contribution in [0.1, 0.15) is 33.6 Å². The number of amides is 3. The highest BCUT2D eigenvalue weighted by Crippen LogP contribution is 2.31. The highest BCUT2D eigenvalue weighted by Gasteiger charge is 2.23. The smallest absolute Gasteiger partial charge is 0.255 e. The number of benzene rings is 3. The molecule has 0 unspecified atom stereocenters. The minimum atomic E-state index is -0.304. The van der Waals surface area contributed by atoms with Crippen molar-refractivity contribution in [3.63, 3.8) is 0 Å². The Morgan fingerprint density at radius 1 is 0.806 bits per heavy atom. The minimum absolute atomic E-state index is 0.0538. The molecule has 1 aliphatic rings. The molecule has 0 radical (unpaired) electrons. The summed E-state index contributed by atoms with van der Waals surface area (Å²) in [5.74, 6) is -0.468. The predicted molar refractivity (Wildman–Crippen MR) is 122 cm³/mol. The molecule has 0 atom stereocenters. The Labute approximate surface area is 184 Å². The molecule has 4 rings (SSSR count). The van der Waals surface area contributed by atoms with Gasteiger partial charge in [-0.3, -0.25) is 14.4 Å². The molecule has 31 heavy (non-hydrogen) atoms. The molecule has 1 aliphatic heterocycles. The van der Waals surface area contributed by atoms with Gasteiger partial charge in [0.25, 0.3) is 11.8 Å². The normalized spacial score (nSPS) is 13.2. The third-order valence-corrected chi connectivity index (χ3v) is 5.31. The second-order valence-electron chi connectivity index (χ2n) is 7.17. The van der Waals surface area contributed by atoms with Crippen LogP contribution in [0, 0.1) is 0 Å². The third-order valence-electron chi connectivity index (χ3n) is 5.01. The monoisotopic (exact) mass is 433 g/mol. The molecule has 3 aromatic carbocycles. The van der Waals surface area contributed by atoms with E-state index in [4.69, 9.17) is 11.6 Å². The quantitative estimate of drug-likeness (QED) is 0.596. The zero-order chi connectivity index (χ0) is 21.8. The van der Waals surface area contributed by atoms with Crippen LogP contribution in [0.2, 0.25) is 5.02 Å². The van der Waals surface area contributed by atoms with Crippen molar-refractivity contribution in [3.8, 4) is 0 Å². The van der Waals surface area contributed by atoms with Gasteiger partial charge in [-0.25, -0.2) is 0 Å². The van der Waals surface area contributed by atoms with E-state index in [9.17, 15) is 14.4 Å². The Morgan fingerprint density at radius 3 is 2.03 bits per heavy atom. The van der Waals surface area contributed by atoms with Gasteiger partial charge in [0.15, 0.2) is 0 Å². The van der Waals surface area contributed by atoms with E-state index in [1.807, 2.05) is 6.07 Å². The lowest BCUT2D eigenvalue weighted by Crippen LogP contribution is -2.24. The van der Waals surface area contributed by atoms with E-state index in [1.165, 1.54) is 0 Å². The van der Waals surface area contributed by atoms with Gasteiger partial charge in [-0.05, 0) is 61.0 Å². The van der Waals surface area contributed by atoms with Gasteiger partial charge in [0.2, 0.25) is 5.91 Å². The Kier molecular flexibility index (Phi) is 6.00. The molecule has 2 N–H and O–H groups in total. The summed E-state index contributed by atoms with van der Waals surface area (Å²) in [5.41, 5.74) is 2.77. The number of anilines is 3. The minimum Gasteiger partial charge on any atom is -0.322 e. The molecule has 0 aliphatic carbocycles. The molecule has 3 aromatic rings. The Balaban J connectivity index is 1.40. The molecule has 1 heterocycles. The van der Waals surface area contributed by atoms with Crippen molar-refractivity contribution in [2.45, 2.75) is 12.8 Å². The summed E-state index contributed by atoms with van der Waals surface area (Å²) in [4.78, 5) is 38.4. The van der Waals surface area contributed by atoms with Crippen molar-refractivity contribution in [1.29, 1.82) is 0 Å². The van der Waals surface area contributed by atoms with Gasteiger partial charge in [-0.2, -0.15) is 0 Å². The van der Waals surface area contributed by atoms with Crippen LogP contribution in [0.3, 0.4) is 0 Å². The van der Waals surface area contributed by atoms with Crippen LogP contribution in [0.25, 0.3) is 0 Å². The molecule has 0 saturated carbocycles. The van der Waals surface area contributed by atoms with Gasteiger partial charge in [0, 0.05) is 35.5 Å². The first-order valence-electron chi connectivity index (χ1n) is 9.89. The first-order chi connectivity index (χ1) is 15.0. The molecular weight excluding hydrogens is 414 g/mol. The molecule has 0 spiro atoms. The van der Waals surface area contributed by atoms with Gasteiger partial charge >= 0.3 is 0 Å². The first kappa shape index (κ1) is 20.6. The van der Waals surface area contributed by atoms with Gasteiger partial charge in [-0.1, -0.05) is 29.8 Å². The van der Waals surface area contributed by atoms with Gasteiger partial charge in [0.1, 0.15) is 0 Å². The number of nitrogens with one attached hydrogen (secondary N) is 2. The van der Waals surface area contributed by atoms with Crippen molar-refractivity contribution in [2.24, 2.45) is 0 Å². The number of carbonyl (C=O) groups excluding carboxylic acids is 3. The van der Waals surface area contributed by atoms with Crippen molar-refractivity contribution < 1.29 is 14.4 Å². The lowest BCUT2D eigenvalue weighted by atomic mass is 10.1. The van der Waals surface area contributed by atoms with Crippen LogP contribution >= 0.6 is 11.6 Å². The highest BCUT2D eigenvalue weighted by molar-refractivity contribution is 6.34. The fraction of sp³-hybridized carbons (Fsp3) is 0.125. The Hall–Kier alpha value is -3.64. The summed E-state index contributed by atoms with van der Waals surface area (Å²) >= 11 is 6.34. The lowest BCUT2D eigenvalue weighted by molar-refractivity contribution is -0.117. The van der Waals surface area contributed by atoms with Crippen LogP contribution < -0.4 is 15.5 Å². The molecule has 0 bridgehead atoms. The highest BCUT2D eigenvalue weighted by atomic mass is 35.5. The van der Waals surface area contributed by atoms with Crippen LogP contribution in [0.15, 0.2) is 72.8 Å². The van der Waals surface area contributed by atoms with Gasteiger partial charge in [-0.15, -0.1) is 0 Å². The predicted octanol–water partition coefficient (Wildman–Crippen LogP) is 4.97. The average molecular weight is 434 g/mol. The van der Waals surface area contributed by atoms with E-state index in [-0.39, 0.29) is 17.7 Å². The molecular formula is C24H20ClN3O3. The van der Waals surface area contributed by atoms with Crippen molar-refractivity contribution >= 4 is 46.4 Å². The summed E-state index contributed by atoms with van der Waals surface area (Å²) < 4.78 is 0. The molecule has 0 aromatic heterocycles. The third kappa shape index (κ3) is 4.75. The summed E-state index contributed by atoms with van der Waals surface area (Å²) in [5, 5.41) is 6.01. The molecule has 3 amide bonds. The van der Waals surface area contributed by atoms with Gasteiger partial charge in [0.05, 0.1) is 10.7 Å². The molecule has 1 fully saturated rings. The van der Waals surface area contributed by atoms with E-state index in [2.05, 4.69) is 10.6 Å². The number of rotatable bonds is 5. The fourth-order valence-electron chi connectivity index (χ4n) is 3.41. The van der Waals surface area contributed by atoms with E-state index >= 15 is 0 Å². The second-order valence-corrected chi connectivity index (χ2v) is 7.57. The summed E-state index contributed by atoms with van der Waals surface area (Å²) in [6.45, 7) is 0.650. The van der Waals surface area contributed by atoms with Crippen LogP contribution in [0.5, 0.6) is 0 Å². The van der Waals surface area contributed by atoms with E-state index in [0.29, 0.717) is 46.2 Å². The topological polar surface area (TPSA) is 78.5 Å². The Morgan fingerprint density at radius 2 is 1.42 bits per heavy atom. The van der Waals surface area contributed by atoms with Crippen molar-refractivity contribution in [1.82, 2.24) is 0 Å². The Bertz CT molecular complexity index is 1130. The van der Waals surface area contributed by atoms with E-state index in [1.54, 1.807) is 71.6 Å². The van der Waals surface area contributed by atoms with Gasteiger partial charge < -0.3 is 15.5 Å².